The third kappa shape index (κ3) is 3.68. The average Bonchev–Trinajstić information content (AvgIpc) is 2.93. The molecule has 0 aliphatic carbocycles. The first-order valence-corrected chi connectivity index (χ1v) is 9.41. The van der Waals surface area contributed by atoms with Gasteiger partial charge in [0.1, 0.15) is 5.03 Å². The van der Waals surface area contributed by atoms with E-state index >= 15 is 0 Å². The van der Waals surface area contributed by atoms with E-state index < -0.39 is 10.2 Å². The van der Waals surface area contributed by atoms with Crippen LogP contribution in [0, 0.1) is 0 Å². The quantitative estimate of drug-likeness (QED) is 0.572. The van der Waals surface area contributed by atoms with Gasteiger partial charge in [-0.15, -0.1) is 15.8 Å². The number of hydrogen-bond acceptors (Lipinski definition) is 5. The fourth-order valence-electron chi connectivity index (χ4n) is 1.74. The van der Waals surface area contributed by atoms with Crippen molar-refractivity contribution in [2.45, 2.75) is 24.8 Å². The molecule has 2 aromatic heterocycles. The van der Waals surface area contributed by atoms with Crippen molar-refractivity contribution in [1.82, 2.24) is 18.5 Å². The Bertz CT molecular complexity index is 712. The SMILES string of the molecule is CCCCSc1cc(-c2cccnc2)nn1S(=O)(=O)N(C)C. The maximum atomic E-state index is 12.4. The second kappa shape index (κ2) is 7.26. The Morgan fingerprint density at radius 2 is 2.14 bits per heavy atom. The summed E-state index contributed by atoms with van der Waals surface area (Å²) in [7, 11) is -0.632. The minimum atomic E-state index is -3.63. The smallest absolute Gasteiger partial charge is 0.264 e. The second-order valence-electron chi connectivity index (χ2n) is 4.94. The lowest BCUT2D eigenvalue weighted by Gasteiger charge is -2.13. The van der Waals surface area contributed by atoms with Gasteiger partial charge in [-0.05, 0) is 30.4 Å². The molecule has 2 heterocycles. The van der Waals surface area contributed by atoms with E-state index in [1.54, 1.807) is 24.5 Å². The largest absolute Gasteiger partial charge is 0.323 e. The van der Waals surface area contributed by atoms with Crippen molar-refractivity contribution in [2.75, 3.05) is 19.8 Å². The van der Waals surface area contributed by atoms with Gasteiger partial charge in [-0.2, -0.15) is 17.8 Å². The monoisotopic (exact) mass is 340 g/mol. The summed E-state index contributed by atoms with van der Waals surface area (Å²) >= 11 is 1.51. The van der Waals surface area contributed by atoms with E-state index in [1.165, 1.54) is 25.9 Å². The van der Waals surface area contributed by atoms with Crippen LogP contribution in [-0.4, -0.2) is 46.7 Å². The molecule has 6 nitrogen and oxygen atoms in total. The molecule has 120 valence electrons. The number of rotatable bonds is 7. The van der Waals surface area contributed by atoms with Crippen molar-refractivity contribution in [3.63, 3.8) is 0 Å². The molecule has 2 aromatic rings. The van der Waals surface area contributed by atoms with Crippen LogP contribution in [0.4, 0.5) is 0 Å². The van der Waals surface area contributed by atoms with Crippen LogP contribution in [0.5, 0.6) is 0 Å². The van der Waals surface area contributed by atoms with E-state index in [-0.39, 0.29) is 0 Å². The molecule has 0 saturated heterocycles. The third-order valence-electron chi connectivity index (χ3n) is 3.03. The molecular weight excluding hydrogens is 320 g/mol. The Morgan fingerprint density at radius 3 is 2.73 bits per heavy atom. The number of aromatic nitrogens is 3. The Morgan fingerprint density at radius 1 is 1.36 bits per heavy atom. The van der Waals surface area contributed by atoms with E-state index in [0.29, 0.717) is 10.7 Å². The highest BCUT2D eigenvalue weighted by Crippen LogP contribution is 2.27. The van der Waals surface area contributed by atoms with Crippen LogP contribution in [-0.2, 0) is 10.2 Å². The minimum Gasteiger partial charge on any atom is -0.264 e. The highest BCUT2D eigenvalue weighted by atomic mass is 32.2. The van der Waals surface area contributed by atoms with Crippen LogP contribution in [0.2, 0.25) is 0 Å². The average molecular weight is 340 g/mol. The molecule has 0 atom stereocenters. The van der Waals surface area contributed by atoms with Gasteiger partial charge >= 0.3 is 10.2 Å². The van der Waals surface area contributed by atoms with Crippen LogP contribution in [0.15, 0.2) is 35.6 Å². The molecule has 8 heteroatoms. The molecule has 0 unspecified atom stereocenters. The van der Waals surface area contributed by atoms with Crippen molar-refractivity contribution >= 4 is 22.0 Å². The van der Waals surface area contributed by atoms with Crippen molar-refractivity contribution in [2.24, 2.45) is 0 Å². The van der Waals surface area contributed by atoms with Gasteiger partial charge in [-0.1, -0.05) is 13.3 Å². The van der Waals surface area contributed by atoms with Gasteiger partial charge in [-0.25, -0.2) is 0 Å². The van der Waals surface area contributed by atoms with Gasteiger partial charge < -0.3 is 0 Å². The first-order chi connectivity index (χ1) is 10.5. The predicted octanol–water partition coefficient (Wildman–Crippen LogP) is 2.49. The summed E-state index contributed by atoms with van der Waals surface area (Å²) in [5, 5.41) is 4.90. The lowest BCUT2D eigenvalue weighted by Crippen LogP contribution is -2.30. The zero-order valence-corrected chi connectivity index (χ0v) is 14.6. The van der Waals surface area contributed by atoms with E-state index in [4.69, 9.17) is 0 Å². The molecule has 0 aliphatic rings. The first kappa shape index (κ1) is 17.0. The summed E-state index contributed by atoms with van der Waals surface area (Å²) in [5.41, 5.74) is 1.41. The molecule has 22 heavy (non-hydrogen) atoms. The molecule has 0 amide bonds. The van der Waals surface area contributed by atoms with Gasteiger partial charge in [-0.3, -0.25) is 4.98 Å². The molecule has 0 bridgehead atoms. The molecule has 0 saturated carbocycles. The molecular formula is C14H20N4O2S2. The van der Waals surface area contributed by atoms with Gasteiger partial charge in [0, 0.05) is 32.1 Å². The van der Waals surface area contributed by atoms with Crippen molar-refractivity contribution in [1.29, 1.82) is 0 Å². The molecule has 2 rings (SSSR count). The topological polar surface area (TPSA) is 68.1 Å². The third-order valence-corrected chi connectivity index (χ3v) is 5.87. The normalized spacial score (nSPS) is 12.0. The van der Waals surface area contributed by atoms with Crippen molar-refractivity contribution in [3.8, 4) is 11.3 Å². The van der Waals surface area contributed by atoms with E-state index in [2.05, 4.69) is 17.0 Å². The van der Waals surface area contributed by atoms with Gasteiger partial charge in [0.25, 0.3) is 0 Å². The summed E-state index contributed by atoms with van der Waals surface area (Å²) < 4.78 is 27.1. The number of unbranched alkanes of at least 4 members (excludes halogenated alkanes) is 1. The van der Waals surface area contributed by atoms with Gasteiger partial charge in [0.2, 0.25) is 0 Å². The highest BCUT2D eigenvalue weighted by Gasteiger charge is 2.23. The number of hydrogen-bond donors (Lipinski definition) is 0. The molecule has 0 fully saturated rings. The molecule has 0 aromatic carbocycles. The Labute approximate surface area is 135 Å². The zero-order chi connectivity index (χ0) is 16.2. The molecule has 0 aliphatic heterocycles. The summed E-state index contributed by atoms with van der Waals surface area (Å²) in [6, 6.07) is 5.47. The fraction of sp³-hybridized carbons (Fsp3) is 0.429. The standard InChI is InChI=1S/C14H20N4O2S2/c1-4-5-9-21-14-10-13(12-7-6-8-15-11-12)16-18(14)22(19,20)17(2)3/h6-8,10-11H,4-5,9H2,1-3H3. The predicted molar refractivity (Wildman–Crippen MR) is 89.1 cm³/mol. The van der Waals surface area contributed by atoms with Crippen LogP contribution in [0.3, 0.4) is 0 Å². The Hall–Kier alpha value is -1.38. The lowest BCUT2D eigenvalue weighted by atomic mass is 10.2. The summed E-state index contributed by atoms with van der Waals surface area (Å²) in [6.07, 6.45) is 5.44. The van der Waals surface area contributed by atoms with Crippen LogP contribution in [0.25, 0.3) is 11.3 Å². The van der Waals surface area contributed by atoms with Crippen molar-refractivity contribution in [3.05, 3.63) is 30.6 Å². The van der Waals surface area contributed by atoms with Gasteiger partial charge in [0.15, 0.2) is 0 Å². The molecule has 0 radical (unpaired) electrons. The lowest BCUT2D eigenvalue weighted by molar-refractivity contribution is 0.498. The zero-order valence-electron chi connectivity index (χ0n) is 12.9. The Kier molecular flexibility index (Phi) is 5.60. The fourth-order valence-corrected chi connectivity index (χ4v) is 3.95. The highest BCUT2D eigenvalue weighted by molar-refractivity contribution is 7.99. The summed E-state index contributed by atoms with van der Waals surface area (Å²) in [4.78, 5) is 4.06. The van der Waals surface area contributed by atoms with Gasteiger partial charge in [0.05, 0.1) is 5.69 Å². The molecule has 0 spiro atoms. The maximum absolute atomic E-state index is 12.4. The van der Waals surface area contributed by atoms with E-state index in [9.17, 15) is 8.42 Å². The molecule has 0 N–H and O–H groups in total. The summed E-state index contributed by atoms with van der Waals surface area (Å²) in [6.45, 7) is 2.11. The van der Waals surface area contributed by atoms with Crippen LogP contribution >= 0.6 is 11.8 Å². The van der Waals surface area contributed by atoms with Crippen LogP contribution in [0.1, 0.15) is 19.8 Å². The Balaban J connectivity index is 2.44. The van der Waals surface area contributed by atoms with E-state index in [0.717, 1.165) is 32.6 Å². The number of pyridine rings is 1. The minimum absolute atomic E-state index is 0.609. The number of nitrogens with zero attached hydrogens (tertiary/aromatic N) is 4. The second-order valence-corrected chi connectivity index (χ2v) is 8.03. The van der Waals surface area contributed by atoms with Crippen LogP contribution < -0.4 is 0 Å². The van der Waals surface area contributed by atoms with Crippen molar-refractivity contribution < 1.29 is 8.42 Å². The first-order valence-electron chi connectivity index (χ1n) is 7.03. The number of thioether (sulfide) groups is 1. The van der Waals surface area contributed by atoms with E-state index in [1.807, 2.05) is 6.07 Å². The maximum Gasteiger partial charge on any atom is 0.323 e. The summed E-state index contributed by atoms with van der Waals surface area (Å²) in [5.74, 6) is 0.859.